The van der Waals surface area contributed by atoms with Crippen LogP contribution < -0.4 is 16.0 Å². The minimum atomic E-state index is -0.315. The fraction of sp³-hybridized carbons (Fsp3) is 0.481. The number of carbonyl (C=O) groups excluding carboxylic acids is 1. The number of aryl methyl sites for hydroxylation is 2. The van der Waals surface area contributed by atoms with Gasteiger partial charge >= 0.3 is 5.97 Å². The highest BCUT2D eigenvalue weighted by Gasteiger charge is 2.17. The number of hydrogen-bond donors (Lipinski definition) is 2. The third kappa shape index (κ3) is 14.9. The molecular formula is C27H41N6O2+. The number of ether oxygens (including phenoxy) is 1. The second-order valence-electron chi connectivity index (χ2n) is 7.78. The molecule has 0 fully saturated rings. The van der Waals surface area contributed by atoms with Crippen LogP contribution in [0, 0.1) is 22.9 Å². The van der Waals surface area contributed by atoms with Gasteiger partial charge in [-0.1, -0.05) is 63.3 Å². The molecule has 0 atom stereocenters. The number of esters is 1. The van der Waals surface area contributed by atoms with Crippen LogP contribution in [-0.4, -0.2) is 17.1 Å². The third-order valence-electron chi connectivity index (χ3n) is 5.30. The summed E-state index contributed by atoms with van der Waals surface area (Å²) in [6.07, 6.45) is 19.2. The normalized spacial score (nSPS) is 9.34. The number of hydrogen-bond acceptors (Lipinski definition) is 6. The maximum absolute atomic E-state index is 10.9. The van der Waals surface area contributed by atoms with Crippen molar-refractivity contribution in [3.05, 3.63) is 55.4 Å². The lowest BCUT2D eigenvalue weighted by Gasteiger charge is -2.05. The monoisotopic (exact) mass is 481 g/mol. The molecule has 2 rings (SSSR count). The lowest BCUT2D eigenvalue weighted by Crippen LogP contribution is -2.34. The molecule has 0 saturated heterocycles. The topological polar surface area (TPSA) is 135 Å². The van der Waals surface area contributed by atoms with E-state index in [4.69, 9.17) is 15.3 Å². The molecule has 0 spiro atoms. The summed E-state index contributed by atoms with van der Waals surface area (Å²) in [6.45, 7) is 8.19. The highest BCUT2D eigenvalue weighted by molar-refractivity contribution is 5.81. The van der Waals surface area contributed by atoms with Gasteiger partial charge in [0.05, 0.1) is 25.3 Å². The lowest BCUT2D eigenvalue weighted by molar-refractivity contribution is -0.686. The van der Waals surface area contributed by atoms with Gasteiger partial charge < -0.3 is 16.2 Å². The van der Waals surface area contributed by atoms with E-state index >= 15 is 0 Å². The van der Waals surface area contributed by atoms with Crippen LogP contribution in [0.2, 0.25) is 0 Å². The highest BCUT2D eigenvalue weighted by Crippen LogP contribution is 2.16. The molecule has 1 aromatic carbocycles. The van der Waals surface area contributed by atoms with E-state index in [-0.39, 0.29) is 5.97 Å². The van der Waals surface area contributed by atoms with Crippen molar-refractivity contribution >= 4 is 5.97 Å². The predicted molar refractivity (Wildman–Crippen MR) is 138 cm³/mol. The molecular weight excluding hydrogens is 440 g/mol. The molecule has 0 radical (unpaired) electrons. The molecule has 190 valence electrons. The van der Waals surface area contributed by atoms with E-state index in [1.165, 1.54) is 74.8 Å². The van der Waals surface area contributed by atoms with Gasteiger partial charge in [-0.2, -0.15) is 10.5 Å². The van der Waals surface area contributed by atoms with E-state index in [0.29, 0.717) is 6.61 Å². The molecule has 2 aromatic rings. The molecule has 0 amide bonds. The summed E-state index contributed by atoms with van der Waals surface area (Å²) >= 11 is 0. The number of nitrogens with two attached hydrogens (primary N) is 2. The molecule has 1 aromatic heterocycles. The van der Waals surface area contributed by atoms with Gasteiger partial charge in [-0.15, -0.1) is 0 Å². The minimum Gasteiger partial charge on any atom is -0.463 e. The van der Waals surface area contributed by atoms with Crippen LogP contribution in [-0.2, 0) is 22.6 Å². The Morgan fingerprint density at radius 2 is 1.51 bits per heavy atom. The Kier molecular flexibility index (Phi) is 19.7. The van der Waals surface area contributed by atoms with Crippen molar-refractivity contribution in [2.75, 3.05) is 6.61 Å². The van der Waals surface area contributed by atoms with Gasteiger partial charge in [0.25, 0.3) is 5.82 Å². The third-order valence-corrected chi connectivity index (χ3v) is 5.30. The van der Waals surface area contributed by atoms with Crippen molar-refractivity contribution in [1.82, 2.24) is 4.57 Å². The Balaban J connectivity index is 0.00000174. The number of rotatable bonds is 15. The van der Waals surface area contributed by atoms with Crippen LogP contribution in [0.1, 0.15) is 64.7 Å². The zero-order chi connectivity index (χ0) is 26.2. The molecule has 0 saturated carbocycles. The number of benzene rings is 1. The maximum Gasteiger partial charge on any atom is 0.330 e. The van der Waals surface area contributed by atoms with Crippen molar-refractivity contribution in [2.45, 2.75) is 77.8 Å². The lowest BCUT2D eigenvalue weighted by atomic mass is 10.1. The molecule has 0 aliphatic rings. The fourth-order valence-electron chi connectivity index (χ4n) is 3.67. The quantitative estimate of drug-likeness (QED) is 0.0956. The molecule has 0 aliphatic carbocycles. The number of carbonyl (C=O) groups is 1. The summed E-state index contributed by atoms with van der Waals surface area (Å²) in [5.74, 6) is 0.997. The first kappa shape index (κ1) is 31.2. The zero-order valence-corrected chi connectivity index (χ0v) is 21.1. The second kappa shape index (κ2) is 22.0. The molecule has 4 N–H and O–H groups in total. The molecule has 0 unspecified atom stereocenters. The van der Waals surface area contributed by atoms with E-state index in [2.05, 4.69) is 76.8 Å². The van der Waals surface area contributed by atoms with Crippen molar-refractivity contribution in [2.24, 2.45) is 11.5 Å². The number of nitrogens with zero attached hydrogens (tertiary/aromatic N) is 4. The zero-order valence-electron chi connectivity index (χ0n) is 21.1. The molecule has 8 nitrogen and oxygen atoms in total. The summed E-state index contributed by atoms with van der Waals surface area (Å²) in [7, 11) is 0. The molecule has 0 bridgehead atoms. The van der Waals surface area contributed by atoms with Gasteiger partial charge in [0.15, 0.2) is 12.4 Å². The summed E-state index contributed by atoms with van der Waals surface area (Å²) in [4.78, 5) is 10.9. The Morgan fingerprint density at radius 3 is 2.03 bits per heavy atom. The average molecular weight is 482 g/mol. The molecule has 0 aliphatic heterocycles. The highest BCUT2D eigenvalue weighted by atomic mass is 16.5. The van der Waals surface area contributed by atoms with Crippen LogP contribution in [0.3, 0.4) is 0 Å². The largest absolute Gasteiger partial charge is 0.463 e. The standard InChI is InChI=1S/C25H37N2O2.2CH2N2/c1-3-24(28)29-22-16-11-9-7-5-6-8-10-15-19-27-21-20-26(4-2)25(27)23-17-13-12-14-18-23;2*2-1-3/h3,12-14,17-18,20-21H,1,4-11,15-16,19,22H2,2H3;2*2H2/q+1;;. The number of imidazole rings is 1. The van der Waals surface area contributed by atoms with E-state index in [1.54, 1.807) is 0 Å². The van der Waals surface area contributed by atoms with E-state index in [0.717, 1.165) is 25.9 Å². The van der Waals surface area contributed by atoms with E-state index < -0.39 is 0 Å². The smallest absolute Gasteiger partial charge is 0.330 e. The van der Waals surface area contributed by atoms with Gasteiger partial charge in [0.1, 0.15) is 12.4 Å². The second-order valence-corrected chi connectivity index (χ2v) is 7.78. The van der Waals surface area contributed by atoms with E-state index in [1.807, 2.05) is 0 Å². The van der Waals surface area contributed by atoms with Gasteiger partial charge in [0, 0.05) is 6.08 Å². The summed E-state index contributed by atoms with van der Waals surface area (Å²) < 4.78 is 9.71. The summed E-state index contributed by atoms with van der Waals surface area (Å²) in [6, 6.07) is 10.7. The SMILES string of the molecule is C=CC(=O)OCCCCCCCCCCC[n+]1ccn(CC)c1-c1ccccc1.N#CN.N#CN. The first-order valence-corrected chi connectivity index (χ1v) is 12.2. The van der Waals surface area contributed by atoms with Crippen molar-refractivity contribution < 1.29 is 14.1 Å². The minimum absolute atomic E-state index is 0.315. The maximum atomic E-state index is 10.9. The number of unbranched alkanes of at least 4 members (excludes halogenated alkanes) is 8. The molecule has 35 heavy (non-hydrogen) atoms. The summed E-state index contributed by atoms with van der Waals surface area (Å²) in [5, 5.41) is 14.2. The molecule has 1 heterocycles. The van der Waals surface area contributed by atoms with Gasteiger partial charge in [-0.3, -0.25) is 0 Å². The Bertz CT molecular complexity index is 885. The van der Waals surface area contributed by atoms with Gasteiger partial charge in [-0.25, -0.2) is 13.9 Å². The summed E-state index contributed by atoms with van der Waals surface area (Å²) in [5.41, 5.74) is 9.60. The fourth-order valence-corrected chi connectivity index (χ4v) is 3.67. The molecule has 8 heteroatoms. The van der Waals surface area contributed by atoms with Crippen LogP contribution in [0.15, 0.2) is 55.4 Å². The van der Waals surface area contributed by atoms with Gasteiger partial charge in [-0.05, 0) is 38.3 Å². The first-order valence-electron chi connectivity index (χ1n) is 12.2. The van der Waals surface area contributed by atoms with Crippen molar-refractivity contribution in [3.63, 3.8) is 0 Å². The van der Waals surface area contributed by atoms with Crippen molar-refractivity contribution in [1.29, 1.82) is 10.5 Å². The first-order chi connectivity index (χ1) is 17.1. The van der Waals surface area contributed by atoms with Crippen molar-refractivity contribution in [3.8, 4) is 23.8 Å². The number of nitriles is 2. The van der Waals surface area contributed by atoms with Crippen LogP contribution in [0.5, 0.6) is 0 Å². The Morgan fingerprint density at radius 1 is 1.00 bits per heavy atom. The van der Waals surface area contributed by atoms with E-state index in [9.17, 15) is 4.79 Å². The van der Waals surface area contributed by atoms with Crippen LogP contribution in [0.4, 0.5) is 0 Å². The van der Waals surface area contributed by atoms with Gasteiger partial charge in [0.2, 0.25) is 0 Å². The van der Waals surface area contributed by atoms with Crippen LogP contribution >= 0.6 is 0 Å². The van der Waals surface area contributed by atoms with Crippen LogP contribution in [0.25, 0.3) is 11.4 Å². The average Bonchev–Trinajstić information content (AvgIpc) is 3.29. The predicted octanol–water partition coefficient (Wildman–Crippen LogP) is 4.55. The number of aromatic nitrogens is 2. The Labute approximate surface area is 210 Å². The Hall–Kier alpha value is -3.78.